The lowest BCUT2D eigenvalue weighted by molar-refractivity contribution is 0.0633. The summed E-state index contributed by atoms with van der Waals surface area (Å²) in [5.41, 5.74) is 0.242. The van der Waals surface area contributed by atoms with Crippen LogP contribution in [0.1, 0.15) is 57.3 Å². The first-order valence-electron chi connectivity index (χ1n) is 9.62. The molecule has 1 aromatic rings. The number of carbonyl (C=O) groups is 2. The number of hydrogen-bond donors (Lipinski definition) is 1. The van der Waals surface area contributed by atoms with E-state index in [1.54, 1.807) is 49.9 Å². The third-order valence-corrected chi connectivity index (χ3v) is 6.17. The van der Waals surface area contributed by atoms with Gasteiger partial charge >= 0.3 is 6.09 Å². The Kier molecular flexibility index (Phi) is 7.09. The smallest absolute Gasteiger partial charge is 0.412 e. The van der Waals surface area contributed by atoms with Crippen LogP contribution in [0, 0.1) is 0 Å². The number of anilines is 1. The predicted molar refractivity (Wildman–Crippen MR) is 109 cm³/mol. The first kappa shape index (κ1) is 22.2. The number of hydrogen-bond acceptors (Lipinski definition) is 5. The molecule has 1 heterocycles. The molecule has 0 saturated carbocycles. The molecule has 0 aromatic heterocycles. The van der Waals surface area contributed by atoms with Gasteiger partial charge in [-0.05, 0) is 51.8 Å². The van der Waals surface area contributed by atoms with Gasteiger partial charge in [0.25, 0.3) is 5.91 Å². The molecule has 1 atom stereocenters. The zero-order valence-electron chi connectivity index (χ0n) is 17.0. The lowest BCUT2D eigenvalue weighted by Crippen LogP contribution is -2.41. The summed E-state index contributed by atoms with van der Waals surface area (Å²) in [4.78, 5) is 26.7. The largest absolute Gasteiger partial charge is 0.444 e. The topological polar surface area (TPSA) is 92.8 Å². The van der Waals surface area contributed by atoms with E-state index in [1.165, 1.54) is 0 Å². The Hall–Kier alpha value is -2.09. The molecule has 0 bridgehead atoms. The van der Waals surface area contributed by atoms with Gasteiger partial charge in [0.2, 0.25) is 0 Å². The van der Waals surface area contributed by atoms with E-state index in [2.05, 4.69) is 5.32 Å². The predicted octanol–water partition coefficient (Wildman–Crippen LogP) is 3.46. The fraction of sp³-hybridized carbons (Fsp3) is 0.600. The third-order valence-electron chi connectivity index (χ3n) is 4.42. The zero-order valence-corrected chi connectivity index (χ0v) is 17.8. The minimum atomic E-state index is -3.09. The summed E-state index contributed by atoms with van der Waals surface area (Å²) in [5, 5.41) is 2.63. The van der Waals surface area contributed by atoms with Crippen molar-refractivity contribution >= 4 is 27.5 Å². The molecule has 28 heavy (non-hydrogen) atoms. The number of unbranched alkanes of at least 4 members (excludes halogenated alkanes) is 1. The minimum Gasteiger partial charge on any atom is -0.444 e. The van der Waals surface area contributed by atoms with Gasteiger partial charge in [-0.1, -0.05) is 19.4 Å². The molecule has 1 fully saturated rings. The van der Waals surface area contributed by atoms with Gasteiger partial charge in [-0.25, -0.2) is 13.2 Å². The van der Waals surface area contributed by atoms with E-state index in [4.69, 9.17) is 4.74 Å². The normalized spacial score (nSPS) is 18.5. The van der Waals surface area contributed by atoms with Gasteiger partial charge in [0.15, 0.2) is 9.84 Å². The Morgan fingerprint density at radius 1 is 1.29 bits per heavy atom. The number of nitrogens with one attached hydrogen (secondary N) is 1. The maximum atomic E-state index is 13.1. The summed E-state index contributed by atoms with van der Waals surface area (Å²) in [6.07, 6.45) is 1.58. The molecular formula is C20H30N2O5S. The number of sulfone groups is 1. The molecule has 156 valence electrons. The van der Waals surface area contributed by atoms with Crippen LogP contribution in [0.5, 0.6) is 0 Å². The first-order chi connectivity index (χ1) is 13.0. The van der Waals surface area contributed by atoms with Crippen LogP contribution in [-0.2, 0) is 14.6 Å². The van der Waals surface area contributed by atoms with E-state index in [1.807, 2.05) is 6.92 Å². The van der Waals surface area contributed by atoms with E-state index in [0.717, 1.165) is 12.8 Å². The molecule has 0 aliphatic carbocycles. The number of benzene rings is 1. The van der Waals surface area contributed by atoms with Crippen LogP contribution < -0.4 is 5.32 Å². The molecule has 1 aliphatic heterocycles. The highest BCUT2D eigenvalue weighted by molar-refractivity contribution is 7.91. The van der Waals surface area contributed by atoms with Gasteiger partial charge in [0.1, 0.15) is 5.60 Å². The van der Waals surface area contributed by atoms with Crippen LogP contribution in [0.25, 0.3) is 0 Å². The lowest BCUT2D eigenvalue weighted by Gasteiger charge is -2.28. The molecule has 8 heteroatoms. The summed E-state index contributed by atoms with van der Waals surface area (Å²) in [6, 6.07) is 6.33. The van der Waals surface area contributed by atoms with E-state index in [9.17, 15) is 18.0 Å². The molecule has 1 saturated heterocycles. The summed E-state index contributed by atoms with van der Waals surface area (Å²) in [6.45, 7) is 7.86. The van der Waals surface area contributed by atoms with E-state index < -0.39 is 21.5 Å². The number of amides is 2. The Morgan fingerprint density at radius 2 is 2.00 bits per heavy atom. The molecule has 1 aliphatic rings. The third kappa shape index (κ3) is 6.51. The van der Waals surface area contributed by atoms with Gasteiger partial charge < -0.3 is 9.64 Å². The van der Waals surface area contributed by atoms with Gasteiger partial charge in [0, 0.05) is 23.8 Å². The highest BCUT2D eigenvalue weighted by Gasteiger charge is 2.34. The second-order valence-electron chi connectivity index (χ2n) is 8.12. The molecule has 7 nitrogen and oxygen atoms in total. The Labute approximate surface area is 167 Å². The van der Waals surface area contributed by atoms with Gasteiger partial charge in [0.05, 0.1) is 11.5 Å². The van der Waals surface area contributed by atoms with Crippen LogP contribution >= 0.6 is 0 Å². The van der Waals surface area contributed by atoms with Gasteiger partial charge in [-0.3, -0.25) is 10.1 Å². The van der Waals surface area contributed by atoms with Gasteiger partial charge in [-0.15, -0.1) is 0 Å². The second kappa shape index (κ2) is 8.94. The molecule has 1 unspecified atom stereocenters. The number of ether oxygens (including phenoxy) is 1. The van der Waals surface area contributed by atoms with Crippen LogP contribution in [0.2, 0.25) is 0 Å². The molecule has 2 amide bonds. The van der Waals surface area contributed by atoms with Gasteiger partial charge in [-0.2, -0.15) is 0 Å². The molecule has 0 radical (unpaired) electrons. The Bertz CT molecular complexity index is 814. The number of nitrogens with zero attached hydrogens (tertiary/aromatic N) is 1. The molecule has 1 N–H and O–H groups in total. The summed E-state index contributed by atoms with van der Waals surface area (Å²) < 4.78 is 29.0. The lowest BCUT2D eigenvalue weighted by atomic mass is 10.1. The van der Waals surface area contributed by atoms with Crippen LogP contribution in [0.3, 0.4) is 0 Å². The number of carbonyl (C=O) groups excluding carboxylic acids is 2. The van der Waals surface area contributed by atoms with E-state index >= 15 is 0 Å². The Morgan fingerprint density at radius 3 is 2.57 bits per heavy atom. The average Bonchev–Trinajstić information content (AvgIpc) is 2.93. The average molecular weight is 411 g/mol. The summed E-state index contributed by atoms with van der Waals surface area (Å²) >= 11 is 0. The van der Waals surface area contributed by atoms with Crippen molar-refractivity contribution in [1.29, 1.82) is 0 Å². The van der Waals surface area contributed by atoms with E-state index in [0.29, 0.717) is 24.2 Å². The maximum absolute atomic E-state index is 13.1. The highest BCUT2D eigenvalue weighted by Crippen LogP contribution is 2.22. The van der Waals surface area contributed by atoms with Crippen molar-refractivity contribution in [2.24, 2.45) is 0 Å². The molecule has 0 spiro atoms. The van der Waals surface area contributed by atoms with Crippen LogP contribution in [0.15, 0.2) is 24.3 Å². The van der Waals surface area contributed by atoms with Crippen LogP contribution in [0.4, 0.5) is 10.5 Å². The highest BCUT2D eigenvalue weighted by atomic mass is 32.2. The quantitative estimate of drug-likeness (QED) is 0.775. The van der Waals surface area contributed by atoms with Crippen molar-refractivity contribution in [3.05, 3.63) is 29.8 Å². The van der Waals surface area contributed by atoms with Crippen molar-refractivity contribution in [1.82, 2.24) is 4.90 Å². The maximum Gasteiger partial charge on any atom is 0.412 e. The SMILES string of the molecule is CCCCN(C(=O)c1cccc(NC(=O)OC(C)(C)C)c1)C1CCS(=O)(=O)C1. The number of rotatable bonds is 6. The van der Waals surface area contributed by atoms with Crippen molar-refractivity contribution in [3.8, 4) is 0 Å². The fourth-order valence-electron chi connectivity index (χ4n) is 3.12. The summed E-state index contributed by atoms with van der Waals surface area (Å²) in [7, 11) is -3.09. The Balaban J connectivity index is 2.17. The molecule has 2 rings (SSSR count). The standard InChI is InChI=1S/C20H30N2O5S/c1-5-6-11-22(17-10-12-28(25,26)14-17)18(23)15-8-7-9-16(13-15)21-19(24)27-20(2,3)4/h7-9,13,17H,5-6,10-12,14H2,1-4H3,(H,21,24). The van der Waals surface area contributed by atoms with Crippen molar-refractivity contribution in [3.63, 3.8) is 0 Å². The van der Waals surface area contributed by atoms with Crippen molar-refractivity contribution < 1.29 is 22.7 Å². The fourth-order valence-corrected chi connectivity index (χ4v) is 4.85. The minimum absolute atomic E-state index is 0.0122. The molecule has 1 aromatic carbocycles. The summed E-state index contributed by atoms with van der Waals surface area (Å²) in [5.74, 6) is -0.0880. The van der Waals surface area contributed by atoms with Crippen molar-refractivity contribution in [2.75, 3.05) is 23.4 Å². The van der Waals surface area contributed by atoms with E-state index in [-0.39, 0.29) is 23.5 Å². The molecular weight excluding hydrogens is 380 g/mol. The van der Waals surface area contributed by atoms with Crippen LogP contribution in [-0.4, -0.2) is 55.0 Å². The zero-order chi connectivity index (χ0) is 20.9. The second-order valence-corrected chi connectivity index (χ2v) is 10.3. The monoisotopic (exact) mass is 410 g/mol. The van der Waals surface area contributed by atoms with Crippen molar-refractivity contribution in [2.45, 2.75) is 58.6 Å². The first-order valence-corrected chi connectivity index (χ1v) is 11.4.